The summed E-state index contributed by atoms with van der Waals surface area (Å²) in [4.78, 5) is 3.91. The van der Waals surface area contributed by atoms with Crippen LogP contribution in [0.25, 0.3) is 0 Å². The molecular formula is C6H10N4. The zero-order chi connectivity index (χ0) is 7.72. The number of aromatic nitrogens is 1. The second-order valence-electron chi connectivity index (χ2n) is 2.14. The maximum absolute atomic E-state index is 5.51. The Bertz CT molecular complexity index is 233. The highest BCUT2D eigenvalue weighted by Crippen LogP contribution is 2.18. The molecule has 4 heteroatoms. The van der Waals surface area contributed by atoms with Crippen molar-refractivity contribution in [3.8, 4) is 0 Å². The van der Waals surface area contributed by atoms with Crippen molar-refractivity contribution in [3.05, 3.63) is 11.8 Å². The predicted octanol–water partition coefficient (Wildman–Crippen LogP) is 0.137. The lowest BCUT2D eigenvalue weighted by Crippen LogP contribution is -2.02. The monoisotopic (exact) mass is 138 g/mol. The van der Waals surface area contributed by atoms with Gasteiger partial charge < -0.3 is 17.2 Å². The summed E-state index contributed by atoms with van der Waals surface area (Å²) < 4.78 is 0. The van der Waals surface area contributed by atoms with Crippen LogP contribution in [0.4, 0.5) is 17.2 Å². The van der Waals surface area contributed by atoms with E-state index in [4.69, 9.17) is 17.2 Å². The van der Waals surface area contributed by atoms with E-state index >= 15 is 0 Å². The first-order valence-corrected chi connectivity index (χ1v) is 2.89. The molecule has 1 aromatic heterocycles. The van der Waals surface area contributed by atoms with Crippen LogP contribution in [0.5, 0.6) is 0 Å². The van der Waals surface area contributed by atoms with Gasteiger partial charge in [0.1, 0.15) is 5.82 Å². The molecule has 0 fully saturated rings. The number of hydrogen-bond donors (Lipinski definition) is 3. The Morgan fingerprint density at radius 3 is 2.40 bits per heavy atom. The number of nitrogens with zero attached hydrogens (tertiary/aromatic N) is 1. The Labute approximate surface area is 59.0 Å². The third kappa shape index (κ3) is 0.953. The van der Waals surface area contributed by atoms with Crippen LogP contribution in [0, 0.1) is 6.92 Å². The Balaban J connectivity index is 3.31. The van der Waals surface area contributed by atoms with E-state index in [1.54, 1.807) is 13.0 Å². The molecule has 1 aromatic rings. The van der Waals surface area contributed by atoms with Crippen LogP contribution in [0.2, 0.25) is 0 Å². The average molecular weight is 138 g/mol. The Kier molecular flexibility index (Phi) is 1.37. The molecule has 1 rings (SSSR count). The van der Waals surface area contributed by atoms with Crippen LogP contribution < -0.4 is 17.2 Å². The minimum Gasteiger partial charge on any atom is -0.397 e. The van der Waals surface area contributed by atoms with Crippen LogP contribution in [0.1, 0.15) is 5.69 Å². The molecule has 0 aliphatic heterocycles. The number of aryl methyl sites for hydroxylation is 1. The first-order valence-electron chi connectivity index (χ1n) is 2.89. The van der Waals surface area contributed by atoms with Crippen LogP contribution >= 0.6 is 0 Å². The van der Waals surface area contributed by atoms with Gasteiger partial charge >= 0.3 is 0 Å². The van der Waals surface area contributed by atoms with Crippen molar-refractivity contribution in [2.45, 2.75) is 6.92 Å². The minimum absolute atomic E-state index is 0.407. The van der Waals surface area contributed by atoms with Crippen molar-refractivity contribution in [2.75, 3.05) is 17.2 Å². The summed E-state index contributed by atoms with van der Waals surface area (Å²) in [5, 5.41) is 0. The average Bonchev–Trinajstić information content (AvgIpc) is 1.82. The van der Waals surface area contributed by atoms with E-state index in [2.05, 4.69) is 4.98 Å². The van der Waals surface area contributed by atoms with Gasteiger partial charge in [-0.1, -0.05) is 0 Å². The molecule has 0 aliphatic carbocycles. The molecule has 1 heterocycles. The molecule has 0 radical (unpaired) electrons. The van der Waals surface area contributed by atoms with E-state index in [0.29, 0.717) is 22.9 Å². The van der Waals surface area contributed by atoms with Gasteiger partial charge in [-0.25, -0.2) is 4.98 Å². The summed E-state index contributed by atoms with van der Waals surface area (Å²) in [6.45, 7) is 1.77. The summed E-state index contributed by atoms with van der Waals surface area (Å²) in [6.07, 6.45) is 0. The van der Waals surface area contributed by atoms with E-state index in [9.17, 15) is 0 Å². The summed E-state index contributed by atoms with van der Waals surface area (Å²) in [5.74, 6) is 0.407. The fraction of sp³-hybridized carbons (Fsp3) is 0.167. The molecule has 0 spiro atoms. The number of rotatable bonds is 0. The maximum atomic E-state index is 5.51. The van der Waals surface area contributed by atoms with Crippen LogP contribution in [0.3, 0.4) is 0 Å². The van der Waals surface area contributed by atoms with Crippen LogP contribution in [-0.4, -0.2) is 4.98 Å². The van der Waals surface area contributed by atoms with E-state index < -0.39 is 0 Å². The molecular weight excluding hydrogens is 128 g/mol. The number of nitrogen functional groups attached to an aromatic ring is 3. The van der Waals surface area contributed by atoms with Gasteiger partial charge in [-0.3, -0.25) is 0 Å². The lowest BCUT2D eigenvalue weighted by atomic mass is 10.3. The third-order valence-corrected chi connectivity index (χ3v) is 1.30. The highest BCUT2D eigenvalue weighted by Gasteiger charge is 1.99. The summed E-state index contributed by atoms with van der Waals surface area (Å²) in [7, 11) is 0. The van der Waals surface area contributed by atoms with Gasteiger partial charge in [-0.15, -0.1) is 0 Å². The molecule has 0 saturated heterocycles. The first-order chi connectivity index (χ1) is 4.61. The molecule has 10 heavy (non-hydrogen) atoms. The topological polar surface area (TPSA) is 90.9 Å². The zero-order valence-corrected chi connectivity index (χ0v) is 5.76. The minimum atomic E-state index is 0.407. The number of anilines is 3. The molecule has 0 unspecified atom stereocenters. The SMILES string of the molecule is Cc1nc(N)cc(N)c1N. The molecule has 0 aliphatic rings. The summed E-state index contributed by atoms with van der Waals surface area (Å²) >= 11 is 0. The highest BCUT2D eigenvalue weighted by atomic mass is 14.9. The van der Waals surface area contributed by atoms with E-state index in [-0.39, 0.29) is 0 Å². The predicted molar refractivity (Wildman–Crippen MR) is 42.2 cm³/mol. The second kappa shape index (κ2) is 2.06. The smallest absolute Gasteiger partial charge is 0.125 e. The van der Waals surface area contributed by atoms with Gasteiger partial charge in [-0.05, 0) is 6.92 Å². The molecule has 0 saturated carbocycles. The van der Waals surface area contributed by atoms with Crippen LogP contribution in [-0.2, 0) is 0 Å². The Hall–Kier alpha value is -1.45. The molecule has 0 aromatic carbocycles. The molecule has 0 bridgehead atoms. The van der Waals surface area contributed by atoms with Gasteiger partial charge in [0.05, 0.1) is 17.1 Å². The highest BCUT2D eigenvalue weighted by molar-refractivity contribution is 5.68. The summed E-state index contributed by atoms with van der Waals surface area (Å²) in [5.41, 5.74) is 18.0. The van der Waals surface area contributed by atoms with Crippen molar-refractivity contribution >= 4 is 17.2 Å². The number of nitrogens with two attached hydrogens (primary N) is 3. The van der Waals surface area contributed by atoms with Crippen molar-refractivity contribution in [1.82, 2.24) is 4.98 Å². The van der Waals surface area contributed by atoms with E-state index in [1.165, 1.54) is 0 Å². The van der Waals surface area contributed by atoms with Crippen LogP contribution in [0.15, 0.2) is 6.07 Å². The summed E-state index contributed by atoms with van der Waals surface area (Å²) in [6, 6.07) is 1.54. The van der Waals surface area contributed by atoms with Gasteiger partial charge in [0.15, 0.2) is 0 Å². The maximum Gasteiger partial charge on any atom is 0.125 e. The Morgan fingerprint density at radius 2 is 1.90 bits per heavy atom. The van der Waals surface area contributed by atoms with Gasteiger partial charge in [0, 0.05) is 6.07 Å². The third-order valence-electron chi connectivity index (χ3n) is 1.30. The Morgan fingerprint density at radius 1 is 1.30 bits per heavy atom. The van der Waals surface area contributed by atoms with Gasteiger partial charge in [-0.2, -0.15) is 0 Å². The number of hydrogen-bond acceptors (Lipinski definition) is 4. The molecule has 6 N–H and O–H groups in total. The quantitative estimate of drug-likeness (QED) is 0.475. The number of pyridine rings is 1. The fourth-order valence-electron chi connectivity index (χ4n) is 0.732. The normalized spacial score (nSPS) is 9.70. The lowest BCUT2D eigenvalue weighted by Gasteiger charge is -2.03. The largest absolute Gasteiger partial charge is 0.397 e. The standard InChI is InChI=1S/C6H10N4/c1-3-6(9)4(7)2-5(8)10-3/h2H,9H2,1H3,(H4,7,8,10). The van der Waals surface area contributed by atoms with Crippen molar-refractivity contribution in [1.29, 1.82) is 0 Å². The van der Waals surface area contributed by atoms with Crippen molar-refractivity contribution in [2.24, 2.45) is 0 Å². The van der Waals surface area contributed by atoms with E-state index in [0.717, 1.165) is 0 Å². The first kappa shape index (κ1) is 6.67. The van der Waals surface area contributed by atoms with Gasteiger partial charge in [0.25, 0.3) is 0 Å². The molecule has 54 valence electrons. The van der Waals surface area contributed by atoms with E-state index in [1.807, 2.05) is 0 Å². The lowest BCUT2D eigenvalue weighted by molar-refractivity contribution is 1.22. The fourth-order valence-corrected chi connectivity index (χ4v) is 0.732. The van der Waals surface area contributed by atoms with Gasteiger partial charge in [0.2, 0.25) is 0 Å². The zero-order valence-electron chi connectivity index (χ0n) is 5.76. The van der Waals surface area contributed by atoms with Crippen molar-refractivity contribution < 1.29 is 0 Å². The second-order valence-corrected chi connectivity index (χ2v) is 2.14. The molecule has 4 nitrogen and oxygen atoms in total. The van der Waals surface area contributed by atoms with Crippen molar-refractivity contribution in [3.63, 3.8) is 0 Å². The molecule has 0 atom stereocenters. The molecule has 0 amide bonds.